The van der Waals surface area contributed by atoms with E-state index in [9.17, 15) is 15.0 Å². The molecule has 0 aromatic carbocycles. The van der Waals surface area contributed by atoms with Crippen LogP contribution >= 0.6 is 0 Å². The van der Waals surface area contributed by atoms with Crippen molar-refractivity contribution in [2.24, 2.45) is 0 Å². The minimum atomic E-state index is -0.905. The quantitative estimate of drug-likeness (QED) is 0.422. The summed E-state index contributed by atoms with van der Waals surface area (Å²) in [6, 6.07) is 0. The fourth-order valence-corrected chi connectivity index (χ4v) is 6.45. The number of carbonyl (C=O) groups is 1. The lowest BCUT2D eigenvalue weighted by Gasteiger charge is -2.55. The fourth-order valence-electron chi connectivity index (χ4n) is 6.45. The summed E-state index contributed by atoms with van der Waals surface area (Å²) in [6.45, 7) is 23.4. The lowest BCUT2D eigenvalue weighted by molar-refractivity contribution is -0.309. The lowest BCUT2D eigenvalue weighted by atomic mass is 9.77. The van der Waals surface area contributed by atoms with Crippen LogP contribution in [0.4, 0.5) is 0 Å². The summed E-state index contributed by atoms with van der Waals surface area (Å²) in [5.74, 6) is -0.157. The first-order valence-electron chi connectivity index (χ1n) is 13.6. The van der Waals surface area contributed by atoms with Gasteiger partial charge in [0.25, 0.3) is 0 Å². The Kier molecular flexibility index (Phi) is 9.74. The van der Waals surface area contributed by atoms with Gasteiger partial charge in [0.15, 0.2) is 0 Å². The van der Waals surface area contributed by atoms with Crippen LogP contribution in [0.25, 0.3) is 0 Å². The predicted molar refractivity (Wildman–Crippen MR) is 141 cm³/mol. The molecule has 2 fully saturated rings. The van der Waals surface area contributed by atoms with E-state index >= 15 is 0 Å². The van der Waals surface area contributed by atoms with Crippen molar-refractivity contribution in [2.45, 2.75) is 154 Å². The molecule has 2 saturated heterocycles. The number of aliphatic hydroxyl groups excluding tert-OH is 1. The van der Waals surface area contributed by atoms with Crippen LogP contribution in [0.1, 0.15) is 108 Å². The Hall–Kier alpha value is -0.770. The molecule has 0 bridgehead atoms. The number of piperidine rings is 2. The molecule has 2 N–H and O–H groups in total. The first kappa shape index (κ1) is 31.4. The van der Waals surface area contributed by atoms with Crippen molar-refractivity contribution in [1.82, 2.24) is 9.96 Å². The molecule has 2 aliphatic rings. The van der Waals surface area contributed by atoms with Crippen LogP contribution in [0.5, 0.6) is 0 Å². The van der Waals surface area contributed by atoms with Crippen molar-refractivity contribution in [3.8, 4) is 0 Å². The third kappa shape index (κ3) is 8.37. The standard InChI is InChI=1S/C28H54N2O6/c1-12-23(32)36-22-15-24(2,3)29(25(4,5)16-22)17-20(31)18-34-21-13-26(6,7)30(27(8,9)14-21)35-19-28(10,11)33/h20-22,31,33H,12-19H2,1-11H3. The van der Waals surface area contributed by atoms with Gasteiger partial charge in [0.1, 0.15) is 6.10 Å². The molecule has 0 saturated carbocycles. The Morgan fingerprint density at radius 3 is 1.83 bits per heavy atom. The van der Waals surface area contributed by atoms with Crippen molar-refractivity contribution in [1.29, 1.82) is 0 Å². The van der Waals surface area contributed by atoms with E-state index in [-0.39, 0.29) is 53.5 Å². The summed E-state index contributed by atoms with van der Waals surface area (Å²) >= 11 is 0. The first-order valence-corrected chi connectivity index (χ1v) is 13.6. The number of esters is 1. The van der Waals surface area contributed by atoms with Crippen LogP contribution in [0.3, 0.4) is 0 Å². The third-order valence-electron chi connectivity index (χ3n) is 7.52. The van der Waals surface area contributed by atoms with Crippen LogP contribution in [-0.2, 0) is 19.1 Å². The summed E-state index contributed by atoms with van der Waals surface area (Å²) in [5, 5.41) is 23.2. The first-order chi connectivity index (χ1) is 16.2. The zero-order valence-corrected chi connectivity index (χ0v) is 24.8. The number of likely N-dealkylation sites (tertiary alicyclic amines) is 1. The van der Waals surface area contributed by atoms with E-state index in [1.165, 1.54) is 0 Å². The molecule has 0 aliphatic carbocycles. The van der Waals surface area contributed by atoms with Crippen LogP contribution in [-0.4, -0.2) is 92.0 Å². The van der Waals surface area contributed by atoms with E-state index in [1.54, 1.807) is 13.8 Å². The Labute approximate surface area is 219 Å². The summed E-state index contributed by atoms with van der Waals surface area (Å²) in [6.07, 6.45) is 2.64. The topological polar surface area (TPSA) is 91.7 Å². The molecule has 8 nitrogen and oxygen atoms in total. The molecule has 0 radical (unpaired) electrons. The molecule has 2 rings (SSSR count). The molecule has 0 aromatic heterocycles. The van der Waals surface area contributed by atoms with Gasteiger partial charge in [-0.25, -0.2) is 0 Å². The third-order valence-corrected chi connectivity index (χ3v) is 7.52. The molecule has 1 atom stereocenters. The number of aliphatic hydroxyl groups is 2. The van der Waals surface area contributed by atoms with Gasteiger partial charge in [0.05, 0.1) is 31.0 Å². The zero-order chi connectivity index (χ0) is 27.7. The van der Waals surface area contributed by atoms with E-state index in [4.69, 9.17) is 14.3 Å². The van der Waals surface area contributed by atoms with Crippen molar-refractivity contribution < 1.29 is 29.3 Å². The number of rotatable bonds is 10. The molecule has 0 spiro atoms. The average Bonchev–Trinajstić information content (AvgIpc) is 2.65. The Balaban J connectivity index is 1.97. The molecular weight excluding hydrogens is 460 g/mol. The Morgan fingerprint density at radius 2 is 1.39 bits per heavy atom. The number of hydroxylamine groups is 2. The summed E-state index contributed by atoms with van der Waals surface area (Å²) in [5.41, 5.74) is -1.94. The van der Waals surface area contributed by atoms with E-state index < -0.39 is 11.7 Å². The second kappa shape index (κ2) is 11.1. The lowest BCUT2D eigenvalue weighted by Crippen LogP contribution is -2.64. The highest BCUT2D eigenvalue weighted by Crippen LogP contribution is 2.41. The molecule has 0 amide bonds. The smallest absolute Gasteiger partial charge is 0.305 e. The van der Waals surface area contributed by atoms with E-state index in [0.29, 0.717) is 13.0 Å². The van der Waals surface area contributed by atoms with Crippen LogP contribution < -0.4 is 0 Å². The number of ether oxygens (including phenoxy) is 2. The van der Waals surface area contributed by atoms with Gasteiger partial charge in [-0.05, 0) is 82.1 Å². The van der Waals surface area contributed by atoms with Gasteiger partial charge in [-0.3, -0.25) is 14.5 Å². The van der Waals surface area contributed by atoms with Gasteiger partial charge in [-0.2, -0.15) is 5.06 Å². The molecular formula is C28H54N2O6. The van der Waals surface area contributed by atoms with E-state index in [1.807, 2.05) is 12.0 Å². The minimum Gasteiger partial charge on any atom is -0.462 e. The molecule has 36 heavy (non-hydrogen) atoms. The van der Waals surface area contributed by atoms with E-state index in [2.05, 4.69) is 60.3 Å². The normalized spacial score (nSPS) is 26.0. The van der Waals surface area contributed by atoms with Gasteiger partial charge in [-0.1, -0.05) is 6.92 Å². The van der Waals surface area contributed by atoms with Crippen molar-refractivity contribution in [3.63, 3.8) is 0 Å². The molecule has 0 aromatic rings. The van der Waals surface area contributed by atoms with Gasteiger partial charge in [0, 0.05) is 48.0 Å². The number of hydrogen-bond acceptors (Lipinski definition) is 8. The maximum atomic E-state index is 11.9. The molecule has 2 aliphatic heterocycles. The highest BCUT2D eigenvalue weighted by atomic mass is 16.7. The predicted octanol–water partition coefficient (Wildman–Crippen LogP) is 4.06. The monoisotopic (exact) mass is 514 g/mol. The fraction of sp³-hybridized carbons (Fsp3) is 0.964. The van der Waals surface area contributed by atoms with E-state index in [0.717, 1.165) is 25.7 Å². The largest absolute Gasteiger partial charge is 0.462 e. The maximum Gasteiger partial charge on any atom is 0.305 e. The van der Waals surface area contributed by atoms with Crippen molar-refractivity contribution in [2.75, 3.05) is 19.8 Å². The maximum absolute atomic E-state index is 11.9. The summed E-state index contributed by atoms with van der Waals surface area (Å²) in [4.78, 5) is 20.3. The number of hydrogen-bond donors (Lipinski definition) is 2. The highest BCUT2D eigenvalue weighted by molar-refractivity contribution is 5.69. The summed E-state index contributed by atoms with van der Waals surface area (Å²) < 4.78 is 12.0. The number of β-amino-alcohol motifs (C(OH)–C–C–N with tert-alkyl or cyclic N) is 1. The number of nitrogens with zero attached hydrogens (tertiary/aromatic N) is 2. The average molecular weight is 515 g/mol. The Bertz CT molecular complexity index is 707. The molecule has 212 valence electrons. The second-order valence-corrected chi connectivity index (χ2v) is 14.1. The molecule has 1 unspecified atom stereocenters. The van der Waals surface area contributed by atoms with Crippen molar-refractivity contribution >= 4 is 5.97 Å². The zero-order valence-electron chi connectivity index (χ0n) is 24.8. The van der Waals surface area contributed by atoms with Crippen LogP contribution in [0, 0.1) is 0 Å². The SMILES string of the molecule is CCC(=O)OC1CC(C)(C)N(CC(O)COC2CC(C)(C)N(OCC(C)(C)O)C(C)(C)C2)C(C)(C)C1. The van der Waals surface area contributed by atoms with Crippen molar-refractivity contribution in [3.05, 3.63) is 0 Å². The van der Waals surface area contributed by atoms with Crippen LogP contribution in [0.15, 0.2) is 0 Å². The molecule has 8 heteroatoms. The Morgan fingerprint density at radius 1 is 0.917 bits per heavy atom. The minimum absolute atomic E-state index is 0.00755. The van der Waals surface area contributed by atoms with Gasteiger partial charge in [-0.15, -0.1) is 0 Å². The highest BCUT2D eigenvalue weighted by Gasteiger charge is 2.49. The number of carbonyl (C=O) groups excluding carboxylic acids is 1. The second-order valence-electron chi connectivity index (χ2n) is 14.1. The van der Waals surface area contributed by atoms with Gasteiger partial charge in [0.2, 0.25) is 0 Å². The van der Waals surface area contributed by atoms with Crippen LogP contribution in [0.2, 0.25) is 0 Å². The summed E-state index contributed by atoms with van der Waals surface area (Å²) in [7, 11) is 0. The van der Waals surface area contributed by atoms with Gasteiger partial charge < -0.3 is 19.7 Å². The van der Waals surface area contributed by atoms with Gasteiger partial charge >= 0.3 is 5.97 Å². The molecule has 2 heterocycles.